The van der Waals surface area contributed by atoms with Gasteiger partial charge in [-0.05, 0) is 49.9 Å². The van der Waals surface area contributed by atoms with Crippen molar-refractivity contribution in [3.05, 3.63) is 54.4 Å². The number of fused-ring (bicyclic) bond motifs is 1. The third-order valence-electron chi connectivity index (χ3n) is 5.01. The highest BCUT2D eigenvalue weighted by Gasteiger charge is 2.24. The van der Waals surface area contributed by atoms with Gasteiger partial charge in [-0.15, -0.1) is 0 Å². The van der Waals surface area contributed by atoms with Crippen LogP contribution in [0.3, 0.4) is 0 Å². The first-order valence-electron chi connectivity index (χ1n) is 9.26. The number of benzene rings is 1. The number of methoxy groups -OCH3 is 1. The van der Waals surface area contributed by atoms with Crippen LogP contribution in [-0.4, -0.2) is 35.1 Å². The Hall–Kier alpha value is -3.02. The van der Waals surface area contributed by atoms with Crippen molar-refractivity contribution in [2.24, 2.45) is 0 Å². The number of carbonyl (C=O) groups excluding carboxylic acids is 1. The van der Waals surface area contributed by atoms with Gasteiger partial charge < -0.3 is 19.8 Å². The van der Waals surface area contributed by atoms with E-state index in [2.05, 4.69) is 15.3 Å². The fourth-order valence-corrected chi connectivity index (χ4v) is 3.53. The molecule has 0 spiro atoms. The van der Waals surface area contributed by atoms with Crippen LogP contribution < -0.4 is 14.8 Å². The van der Waals surface area contributed by atoms with E-state index in [4.69, 9.17) is 9.47 Å². The molecule has 27 heavy (non-hydrogen) atoms. The van der Waals surface area contributed by atoms with Crippen LogP contribution in [0.4, 0.5) is 0 Å². The van der Waals surface area contributed by atoms with Gasteiger partial charge in [-0.2, -0.15) is 0 Å². The predicted octanol–water partition coefficient (Wildman–Crippen LogP) is 3.69. The molecule has 1 aromatic carbocycles. The van der Waals surface area contributed by atoms with Crippen LogP contribution in [0.5, 0.6) is 11.6 Å². The molecule has 0 saturated heterocycles. The molecular formula is C21H23N3O3. The molecule has 1 fully saturated rings. The quantitative estimate of drug-likeness (QED) is 0.723. The van der Waals surface area contributed by atoms with Gasteiger partial charge in [0.05, 0.1) is 7.11 Å². The van der Waals surface area contributed by atoms with E-state index in [1.807, 2.05) is 42.5 Å². The molecule has 2 aromatic heterocycles. The number of nitrogens with zero attached hydrogens (tertiary/aromatic N) is 1. The third-order valence-corrected chi connectivity index (χ3v) is 5.01. The number of aromatic amines is 1. The zero-order valence-corrected chi connectivity index (χ0v) is 15.3. The van der Waals surface area contributed by atoms with Crippen molar-refractivity contribution in [2.75, 3.05) is 7.11 Å². The van der Waals surface area contributed by atoms with Gasteiger partial charge in [0.25, 0.3) is 5.91 Å². The monoisotopic (exact) mass is 365 g/mol. The topological polar surface area (TPSA) is 76.2 Å². The lowest BCUT2D eigenvalue weighted by Gasteiger charge is -2.29. The molecule has 1 saturated carbocycles. The Kier molecular flexibility index (Phi) is 4.96. The first-order chi connectivity index (χ1) is 13.2. The van der Waals surface area contributed by atoms with E-state index in [1.54, 1.807) is 13.3 Å². The van der Waals surface area contributed by atoms with Crippen molar-refractivity contribution in [1.82, 2.24) is 15.3 Å². The molecule has 1 amide bonds. The molecule has 0 unspecified atom stereocenters. The van der Waals surface area contributed by atoms with Crippen LogP contribution in [0.1, 0.15) is 36.2 Å². The number of ether oxygens (including phenoxy) is 2. The second-order valence-electron chi connectivity index (χ2n) is 6.87. The molecule has 0 aliphatic heterocycles. The fraction of sp³-hybridized carbons (Fsp3) is 0.333. The van der Waals surface area contributed by atoms with Gasteiger partial charge in [-0.3, -0.25) is 4.79 Å². The molecule has 6 heteroatoms. The molecule has 1 aliphatic carbocycles. The summed E-state index contributed by atoms with van der Waals surface area (Å²) < 4.78 is 11.1. The Morgan fingerprint density at radius 1 is 1.15 bits per heavy atom. The number of carbonyl (C=O) groups is 1. The van der Waals surface area contributed by atoms with Crippen LogP contribution in [0.15, 0.2) is 48.7 Å². The van der Waals surface area contributed by atoms with Crippen molar-refractivity contribution < 1.29 is 14.3 Å². The minimum Gasteiger partial charge on any atom is -0.497 e. The Morgan fingerprint density at radius 2 is 2.00 bits per heavy atom. The highest BCUT2D eigenvalue weighted by Crippen LogP contribution is 2.24. The second kappa shape index (κ2) is 7.70. The maximum atomic E-state index is 12.6. The molecule has 2 N–H and O–H groups in total. The number of H-pyrrole nitrogens is 1. The highest BCUT2D eigenvalue weighted by molar-refractivity contribution is 5.98. The lowest BCUT2D eigenvalue weighted by Crippen LogP contribution is -2.39. The van der Waals surface area contributed by atoms with E-state index in [0.29, 0.717) is 11.6 Å². The van der Waals surface area contributed by atoms with Crippen molar-refractivity contribution in [1.29, 1.82) is 0 Å². The maximum absolute atomic E-state index is 12.6. The largest absolute Gasteiger partial charge is 0.497 e. The lowest BCUT2D eigenvalue weighted by molar-refractivity contribution is 0.0886. The van der Waals surface area contributed by atoms with E-state index in [0.717, 1.165) is 42.3 Å². The van der Waals surface area contributed by atoms with E-state index >= 15 is 0 Å². The molecule has 0 radical (unpaired) electrons. The van der Waals surface area contributed by atoms with Crippen LogP contribution in [0.2, 0.25) is 0 Å². The van der Waals surface area contributed by atoms with Crippen molar-refractivity contribution in [2.45, 2.75) is 37.8 Å². The number of rotatable bonds is 5. The van der Waals surface area contributed by atoms with E-state index in [1.165, 1.54) is 0 Å². The van der Waals surface area contributed by atoms with Crippen LogP contribution in [0, 0.1) is 0 Å². The van der Waals surface area contributed by atoms with Gasteiger partial charge in [0.2, 0.25) is 5.88 Å². The van der Waals surface area contributed by atoms with E-state index < -0.39 is 0 Å². The molecule has 140 valence electrons. The summed E-state index contributed by atoms with van der Waals surface area (Å²) in [6.45, 7) is 0. The smallest absolute Gasteiger partial charge is 0.267 e. The Morgan fingerprint density at radius 3 is 2.74 bits per heavy atom. The standard InChI is InChI=1S/C21H23N3O3/c1-26-17-8-5-14-12-19(24-18(14)13-17)21(25)23-15-6-9-16(10-7-15)27-20-4-2-3-11-22-20/h2-5,8,11-13,15-16,24H,6-7,9-10H2,1H3,(H,23,25). The van der Waals surface area contributed by atoms with Gasteiger partial charge in [-0.25, -0.2) is 4.98 Å². The highest BCUT2D eigenvalue weighted by atomic mass is 16.5. The lowest BCUT2D eigenvalue weighted by atomic mass is 9.93. The average molecular weight is 365 g/mol. The number of nitrogens with one attached hydrogen (secondary N) is 2. The minimum atomic E-state index is -0.0701. The zero-order valence-electron chi connectivity index (χ0n) is 15.3. The average Bonchev–Trinajstić information content (AvgIpc) is 3.13. The van der Waals surface area contributed by atoms with Crippen molar-refractivity contribution >= 4 is 16.8 Å². The number of pyridine rings is 1. The first-order valence-corrected chi connectivity index (χ1v) is 9.26. The zero-order chi connectivity index (χ0) is 18.6. The summed E-state index contributed by atoms with van der Waals surface area (Å²) >= 11 is 0. The summed E-state index contributed by atoms with van der Waals surface area (Å²) in [5.41, 5.74) is 1.47. The third kappa shape index (κ3) is 4.05. The number of aromatic nitrogens is 2. The van der Waals surface area contributed by atoms with E-state index in [9.17, 15) is 4.79 Å². The Bertz CT molecular complexity index is 915. The number of amides is 1. The van der Waals surface area contributed by atoms with Crippen LogP contribution >= 0.6 is 0 Å². The summed E-state index contributed by atoms with van der Waals surface area (Å²) in [6.07, 6.45) is 5.51. The first kappa shape index (κ1) is 17.4. The molecular weight excluding hydrogens is 342 g/mol. The van der Waals surface area contributed by atoms with Crippen LogP contribution in [0.25, 0.3) is 10.9 Å². The van der Waals surface area contributed by atoms with Gasteiger partial charge in [-0.1, -0.05) is 6.07 Å². The molecule has 4 rings (SSSR count). The molecule has 2 heterocycles. The van der Waals surface area contributed by atoms with Gasteiger partial charge in [0.15, 0.2) is 0 Å². The Labute approximate surface area is 157 Å². The molecule has 0 atom stereocenters. The SMILES string of the molecule is COc1ccc2cc(C(=O)NC3CCC(Oc4ccccn4)CC3)[nH]c2c1. The predicted molar refractivity (Wildman–Crippen MR) is 103 cm³/mol. The normalized spacial score (nSPS) is 19.6. The molecule has 6 nitrogen and oxygen atoms in total. The van der Waals surface area contributed by atoms with Gasteiger partial charge in [0, 0.05) is 35.3 Å². The summed E-state index contributed by atoms with van der Waals surface area (Å²) in [7, 11) is 1.63. The summed E-state index contributed by atoms with van der Waals surface area (Å²) in [5.74, 6) is 1.36. The second-order valence-corrected chi connectivity index (χ2v) is 6.87. The summed E-state index contributed by atoms with van der Waals surface area (Å²) in [6, 6.07) is 13.4. The van der Waals surface area contributed by atoms with Crippen molar-refractivity contribution in [3.8, 4) is 11.6 Å². The van der Waals surface area contributed by atoms with Crippen molar-refractivity contribution in [3.63, 3.8) is 0 Å². The summed E-state index contributed by atoms with van der Waals surface area (Å²) in [5, 5.41) is 4.13. The van der Waals surface area contributed by atoms with Crippen LogP contribution in [-0.2, 0) is 0 Å². The number of hydrogen-bond donors (Lipinski definition) is 2. The number of hydrogen-bond acceptors (Lipinski definition) is 4. The summed E-state index contributed by atoms with van der Waals surface area (Å²) in [4.78, 5) is 20.0. The van der Waals surface area contributed by atoms with Gasteiger partial charge in [0.1, 0.15) is 17.5 Å². The Balaban J connectivity index is 1.33. The fourth-order valence-electron chi connectivity index (χ4n) is 3.53. The maximum Gasteiger partial charge on any atom is 0.267 e. The molecule has 0 bridgehead atoms. The van der Waals surface area contributed by atoms with Gasteiger partial charge >= 0.3 is 0 Å². The molecule has 1 aliphatic rings. The molecule has 3 aromatic rings. The van der Waals surface area contributed by atoms with E-state index in [-0.39, 0.29) is 18.1 Å². The minimum absolute atomic E-state index is 0.0701.